The third kappa shape index (κ3) is 3.77. The second-order valence-electron chi connectivity index (χ2n) is 8.30. The van der Waals surface area contributed by atoms with E-state index in [9.17, 15) is 22.8 Å². The van der Waals surface area contributed by atoms with E-state index >= 15 is 0 Å². The van der Waals surface area contributed by atoms with Crippen LogP contribution in [0.2, 0.25) is 0 Å². The number of halogens is 3. The van der Waals surface area contributed by atoms with Crippen LogP contribution in [0.4, 0.5) is 19.0 Å². The van der Waals surface area contributed by atoms with Crippen LogP contribution in [0.5, 0.6) is 0 Å². The highest BCUT2D eigenvalue weighted by molar-refractivity contribution is 5.94. The highest BCUT2D eigenvalue weighted by Crippen LogP contribution is 2.45. The van der Waals surface area contributed by atoms with Crippen LogP contribution in [-0.2, 0) is 0 Å². The second kappa shape index (κ2) is 7.31. The molecule has 1 saturated carbocycles. The summed E-state index contributed by atoms with van der Waals surface area (Å²) in [7, 11) is 0. The first-order valence-corrected chi connectivity index (χ1v) is 10.4. The van der Waals surface area contributed by atoms with E-state index in [0.717, 1.165) is 17.5 Å². The molecule has 2 fully saturated rings. The normalized spacial score (nSPS) is 24.0. The van der Waals surface area contributed by atoms with E-state index in [1.54, 1.807) is 17.0 Å². The molecule has 2 unspecified atom stereocenters. The molecule has 5 rings (SSSR count). The highest BCUT2D eigenvalue weighted by atomic mass is 19.4. The predicted molar refractivity (Wildman–Crippen MR) is 103 cm³/mol. The van der Waals surface area contributed by atoms with Crippen molar-refractivity contribution < 1.29 is 27.2 Å². The molecule has 0 spiro atoms. The van der Waals surface area contributed by atoms with E-state index in [4.69, 9.17) is 4.42 Å². The summed E-state index contributed by atoms with van der Waals surface area (Å²) in [4.78, 5) is 28.4. The van der Waals surface area contributed by atoms with Crippen molar-refractivity contribution in [3.05, 3.63) is 35.9 Å². The summed E-state index contributed by atoms with van der Waals surface area (Å²) >= 11 is 0. The predicted octanol–water partition coefficient (Wildman–Crippen LogP) is 2.77. The van der Waals surface area contributed by atoms with Crippen molar-refractivity contribution in [3.8, 4) is 0 Å². The number of rotatable bonds is 3. The molecule has 0 aromatic carbocycles. The van der Waals surface area contributed by atoms with Gasteiger partial charge in [-0.1, -0.05) is 0 Å². The number of carbonyl (C=O) groups is 2. The lowest BCUT2D eigenvalue weighted by atomic mass is 10.0. The lowest BCUT2D eigenvalue weighted by Gasteiger charge is -2.34. The first-order valence-electron chi connectivity index (χ1n) is 10.4. The summed E-state index contributed by atoms with van der Waals surface area (Å²) in [5.41, 5.74) is -0.0148. The number of piperazine rings is 1. The average Bonchev–Trinajstić information content (AvgIpc) is 3.28. The van der Waals surface area contributed by atoms with E-state index in [2.05, 4.69) is 10.4 Å². The Balaban J connectivity index is 1.29. The van der Waals surface area contributed by atoms with Gasteiger partial charge in [-0.05, 0) is 37.3 Å². The monoisotopic (exact) mass is 437 g/mol. The molecule has 2 aromatic rings. The second-order valence-corrected chi connectivity index (χ2v) is 8.30. The Labute approximate surface area is 176 Å². The summed E-state index contributed by atoms with van der Waals surface area (Å²) in [6.07, 6.45) is -1.26. The van der Waals surface area contributed by atoms with Crippen LogP contribution in [0.3, 0.4) is 0 Å². The molecule has 2 atom stereocenters. The number of carbonyl (C=O) groups excluding carboxylic acids is 2. The molecule has 0 radical (unpaired) electrons. The molecule has 1 N–H and O–H groups in total. The molecule has 1 aliphatic carbocycles. The number of hydrogen-bond donors (Lipinski definition) is 1. The SMILES string of the molecule is O=C(c1cc2n(n1)C(C(F)(F)F)CC(C1CC1)N2)N1CCN(C(=O)c2ccco2)CC1. The number of anilines is 1. The van der Waals surface area contributed by atoms with Crippen LogP contribution in [0, 0.1) is 5.92 Å². The van der Waals surface area contributed by atoms with Gasteiger partial charge in [0.2, 0.25) is 0 Å². The minimum atomic E-state index is -4.44. The van der Waals surface area contributed by atoms with Gasteiger partial charge in [0, 0.05) is 38.3 Å². The van der Waals surface area contributed by atoms with Gasteiger partial charge in [-0.2, -0.15) is 18.3 Å². The number of hydrogen-bond acceptors (Lipinski definition) is 5. The van der Waals surface area contributed by atoms with Crippen molar-refractivity contribution in [2.45, 2.75) is 37.5 Å². The van der Waals surface area contributed by atoms with Crippen molar-refractivity contribution in [1.29, 1.82) is 0 Å². The zero-order valence-corrected chi connectivity index (χ0v) is 16.6. The molecular formula is C20H22F3N5O3. The van der Waals surface area contributed by atoms with Crippen LogP contribution < -0.4 is 5.32 Å². The average molecular weight is 437 g/mol. The Morgan fingerprint density at radius 2 is 1.77 bits per heavy atom. The number of alkyl halides is 3. The van der Waals surface area contributed by atoms with Crippen LogP contribution in [0.15, 0.2) is 28.9 Å². The largest absolute Gasteiger partial charge is 0.459 e. The zero-order valence-electron chi connectivity index (χ0n) is 16.6. The van der Waals surface area contributed by atoms with E-state index in [1.807, 2.05) is 0 Å². The molecule has 4 heterocycles. The number of aromatic nitrogens is 2. The summed E-state index contributed by atoms with van der Waals surface area (Å²) < 4.78 is 47.0. The standard InChI is InChI=1S/C20H22F3N5O3/c21-20(22,23)16-10-13(12-3-4-12)24-17-11-14(25-28(16)17)18(29)26-5-7-27(8-6-26)19(30)15-2-1-9-31-15/h1-2,9,11-13,16,24H,3-8,10H2. The Morgan fingerprint density at radius 1 is 1.10 bits per heavy atom. The third-order valence-corrected chi connectivity index (χ3v) is 6.22. The van der Waals surface area contributed by atoms with Crippen molar-refractivity contribution in [2.24, 2.45) is 5.92 Å². The number of fused-ring (bicyclic) bond motifs is 1. The topological polar surface area (TPSA) is 83.6 Å². The van der Waals surface area contributed by atoms with Gasteiger partial charge in [0.1, 0.15) is 5.82 Å². The molecule has 11 heteroatoms. The van der Waals surface area contributed by atoms with E-state index in [1.165, 1.54) is 17.2 Å². The number of furan rings is 1. The molecular weight excluding hydrogens is 415 g/mol. The maximum absolute atomic E-state index is 13.6. The molecule has 2 aromatic heterocycles. The van der Waals surface area contributed by atoms with Crippen LogP contribution in [0.1, 0.15) is 46.3 Å². The number of nitrogens with one attached hydrogen (secondary N) is 1. The lowest BCUT2D eigenvalue weighted by molar-refractivity contribution is -0.174. The van der Waals surface area contributed by atoms with Gasteiger partial charge in [0.05, 0.1) is 6.26 Å². The molecule has 2 aliphatic heterocycles. The molecule has 166 valence electrons. The summed E-state index contributed by atoms with van der Waals surface area (Å²) in [5, 5.41) is 7.17. The van der Waals surface area contributed by atoms with Crippen molar-refractivity contribution in [1.82, 2.24) is 19.6 Å². The zero-order chi connectivity index (χ0) is 21.8. The maximum atomic E-state index is 13.6. The van der Waals surface area contributed by atoms with Gasteiger partial charge in [-0.15, -0.1) is 0 Å². The molecule has 31 heavy (non-hydrogen) atoms. The smallest absolute Gasteiger partial charge is 0.410 e. The van der Waals surface area contributed by atoms with Gasteiger partial charge in [0.25, 0.3) is 11.8 Å². The molecule has 3 aliphatic rings. The van der Waals surface area contributed by atoms with Crippen LogP contribution in [-0.4, -0.2) is 69.8 Å². The third-order valence-electron chi connectivity index (χ3n) is 6.22. The van der Waals surface area contributed by atoms with Crippen molar-refractivity contribution >= 4 is 17.6 Å². The first kappa shape index (κ1) is 20.0. The first-order chi connectivity index (χ1) is 14.8. The van der Waals surface area contributed by atoms with Crippen LogP contribution in [0.25, 0.3) is 0 Å². The van der Waals surface area contributed by atoms with Gasteiger partial charge in [0.15, 0.2) is 17.5 Å². The summed E-state index contributed by atoms with van der Waals surface area (Å²) in [5.74, 6) is 0.0273. The summed E-state index contributed by atoms with van der Waals surface area (Å²) in [6.45, 7) is 1.17. The Bertz CT molecular complexity index is 975. The van der Waals surface area contributed by atoms with Gasteiger partial charge in [-0.3, -0.25) is 9.59 Å². The fraction of sp³-hybridized carbons (Fsp3) is 0.550. The van der Waals surface area contributed by atoms with Gasteiger partial charge < -0.3 is 19.5 Å². The molecule has 2 amide bonds. The quantitative estimate of drug-likeness (QED) is 0.799. The minimum absolute atomic E-state index is 0.0148. The molecule has 0 bridgehead atoms. The fourth-order valence-corrected chi connectivity index (χ4v) is 4.35. The molecule has 8 nitrogen and oxygen atoms in total. The van der Waals surface area contributed by atoms with E-state index in [-0.39, 0.29) is 54.6 Å². The van der Waals surface area contributed by atoms with Gasteiger partial charge >= 0.3 is 6.18 Å². The van der Waals surface area contributed by atoms with E-state index in [0.29, 0.717) is 13.1 Å². The number of nitrogens with zero attached hydrogens (tertiary/aromatic N) is 4. The Morgan fingerprint density at radius 3 is 2.35 bits per heavy atom. The van der Waals surface area contributed by atoms with Crippen molar-refractivity contribution in [2.75, 3.05) is 31.5 Å². The lowest BCUT2D eigenvalue weighted by Crippen LogP contribution is -2.50. The van der Waals surface area contributed by atoms with Gasteiger partial charge in [-0.25, -0.2) is 4.68 Å². The Kier molecular flexibility index (Phi) is 4.71. The minimum Gasteiger partial charge on any atom is -0.459 e. The summed E-state index contributed by atoms with van der Waals surface area (Å²) in [6, 6.07) is 2.63. The Hall–Kier alpha value is -2.98. The molecule has 1 saturated heterocycles. The van der Waals surface area contributed by atoms with Crippen LogP contribution >= 0.6 is 0 Å². The highest BCUT2D eigenvalue weighted by Gasteiger charge is 2.49. The van der Waals surface area contributed by atoms with Crippen molar-refractivity contribution in [3.63, 3.8) is 0 Å². The fourth-order valence-electron chi connectivity index (χ4n) is 4.35. The number of amides is 2. The van der Waals surface area contributed by atoms with E-state index < -0.39 is 18.1 Å². The maximum Gasteiger partial charge on any atom is 0.410 e.